The lowest BCUT2D eigenvalue weighted by molar-refractivity contribution is -0.143. The lowest BCUT2D eigenvalue weighted by Crippen LogP contribution is -2.58. The Labute approximate surface area is 199 Å². The predicted molar refractivity (Wildman–Crippen MR) is 127 cm³/mol. The number of hydrogen-bond donors (Lipinski definition) is 6. The summed E-state index contributed by atoms with van der Waals surface area (Å²) < 4.78 is 0. The van der Waals surface area contributed by atoms with Crippen molar-refractivity contribution >= 4 is 41.4 Å². The topological polar surface area (TPSA) is 194 Å². The molecule has 0 aliphatic heterocycles. The third-order valence-electron chi connectivity index (χ3n) is 5.35. The van der Waals surface area contributed by atoms with Crippen LogP contribution in [0, 0.1) is 11.8 Å². The number of carbonyl (C=O) groups is 5. The molecule has 0 aromatic carbocycles. The van der Waals surface area contributed by atoms with Gasteiger partial charge in [-0.3, -0.25) is 19.2 Å². The van der Waals surface area contributed by atoms with E-state index in [0.29, 0.717) is 12.2 Å². The zero-order valence-electron chi connectivity index (χ0n) is 20.1. The van der Waals surface area contributed by atoms with Crippen LogP contribution in [0.15, 0.2) is 0 Å². The van der Waals surface area contributed by atoms with Gasteiger partial charge in [-0.25, -0.2) is 4.79 Å². The Morgan fingerprint density at radius 1 is 0.909 bits per heavy atom. The molecule has 0 rings (SSSR count). The fraction of sp³-hybridized carbons (Fsp3) is 0.762. The first-order valence-electron chi connectivity index (χ1n) is 11.0. The molecule has 5 atom stereocenters. The molecule has 0 aromatic rings. The van der Waals surface area contributed by atoms with Crippen molar-refractivity contribution in [1.29, 1.82) is 0 Å². The maximum atomic E-state index is 13.0. The SMILES string of the molecule is CCC(C)C(N)C(=O)NC(CCC(N)=O)C(=O)NC(CCSC)C(=O)NC(C(=O)O)C(C)C. The van der Waals surface area contributed by atoms with Gasteiger partial charge in [-0.1, -0.05) is 34.1 Å². The molecule has 0 saturated carbocycles. The first-order valence-corrected chi connectivity index (χ1v) is 12.4. The number of rotatable bonds is 16. The minimum absolute atomic E-state index is 0.0687. The number of carboxylic acids is 1. The smallest absolute Gasteiger partial charge is 0.326 e. The van der Waals surface area contributed by atoms with Crippen molar-refractivity contribution in [2.45, 2.75) is 77.5 Å². The second-order valence-corrected chi connectivity index (χ2v) is 9.37. The number of nitrogens with one attached hydrogen (secondary N) is 3. The van der Waals surface area contributed by atoms with Gasteiger partial charge in [0.15, 0.2) is 0 Å². The van der Waals surface area contributed by atoms with E-state index in [4.69, 9.17) is 11.5 Å². The summed E-state index contributed by atoms with van der Waals surface area (Å²) in [7, 11) is 0. The Bertz CT molecular complexity index is 690. The molecule has 8 N–H and O–H groups in total. The molecule has 0 radical (unpaired) electrons. The molecule has 0 aliphatic carbocycles. The van der Waals surface area contributed by atoms with Gasteiger partial charge in [0.1, 0.15) is 18.1 Å². The van der Waals surface area contributed by atoms with Crippen LogP contribution >= 0.6 is 11.8 Å². The maximum Gasteiger partial charge on any atom is 0.326 e. The van der Waals surface area contributed by atoms with E-state index in [0.717, 1.165) is 0 Å². The van der Waals surface area contributed by atoms with Gasteiger partial charge in [0.2, 0.25) is 23.6 Å². The van der Waals surface area contributed by atoms with Crippen molar-refractivity contribution in [3.05, 3.63) is 0 Å². The number of carbonyl (C=O) groups excluding carboxylic acids is 4. The number of thioether (sulfide) groups is 1. The van der Waals surface area contributed by atoms with E-state index >= 15 is 0 Å². The summed E-state index contributed by atoms with van der Waals surface area (Å²) in [5.41, 5.74) is 11.1. The minimum atomic E-state index is -1.18. The molecular formula is C21H39N5O6S. The standard InChI is InChI=1S/C21H39N5O6S/c1-6-12(4)16(23)20(30)25-13(7-8-15(22)27)18(28)24-14(9-10-33-5)19(29)26-17(11(2)3)21(31)32/h11-14,16-17H,6-10,23H2,1-5H3,(H2,22,27)(H,24,28)(H,25,30)(H,26,29)(H,31,32). The van der Waals surface area contributed by atoms with Gasteiger partial charge >= 0.3 is 5.97 Å². The molecule has 0 saturated heterocycles. The Morgan fingerprint density at radius 2 is 1.42 bits per heavy atom. The van der Waals surface area contributed by atoms with Crippen molar-refractivity contribution in [3.63, 3.8) is 0 Å². The van der Waals surface area contributed by atoms with E-state index in [2.05, 4.69) is 16.0 Å². The largest absolute Gasteiger partial charge is 0.480 e. The molecule has 0 aliphatic rings. The number of amides is 4. The molecular weight excluding hydrogens is 450 g/mol. The van der Waals surface area contributed by atoms with E-state index in [1.807, 2.05) is 13.2 Å². The van der Waals surface area contributed by atoms with Gasteiger partial charge in [0, 0.05) is 6.42 Å². The average Bonchev–Trinajstić information content (AvgIpc) is 2.75. The van der Waals surface area contributed by atoms with Gasteiger partial charge in [-0.05, 0) is 36.7 Å². The van der Waals surface area contributed by atoms with Gasteiger partial charge in [-0.15, -0.1) is 0 Å². The Balaban J connectivity index is 5.55. The molecule has 5 unspecified atom stereocenters. The van der Waals surface area contributed by atoms with Gasteiger partial charge in [0.05, 0.1) is 6.04 Å². The van der Waals surface area contributed by atoms with Crippen LogP contribution < -0.4 is 27.4 Å². The van der Waals surface area contributed by atoms with Gasteiger partial charge < -0.3 is 32.5 Å². The number of carboxylic acid groups (broad SMARTS) is 1. The third-order valence-corrected chi connectivity index (χ3v) is 5.99. The van der Waals surface area contributed by atoms with Crippen LogP contribution in [0.1, 0.15) is 53.4 Å². The lowest BCUT2D eigenvalue weighted by atomic mass is 9.98. The Morgan fingerprint density at radius 3 is 1.88 bits per heavy atom. The number of primary amides is 1. The highest BCUT2D eigenvalue weighted by molar-refractivity contribution is 7.98. The summed E-state index contributed by atoms with van der Waals surface area (Å²) in [6, 6.07) is -4.13. The van der Waals surface area contributed by atoms with Crippen LogP contribution in [0.5, 0.6) is 0 Å². The van der Waals surface area contributed by atoms with Crippen LogP contribution in [-0.2, 0) is 24.0 Å². The molecule has 0 spiro atoms. The average molecular weight is 490 g/mol. The van der Waals surface area contributed by atoms with E-state index in [1.54, 1.807) is 20.8 Å². The molecule has 0 fully saturated rings. The summed E-state index contributed by atoms with van der Waals surface area (Å²) in [6.07, 6.45) is 2.50. The highest BCUT2D eigenvalue weighted by Gasteiger charge is 2.31. The van der Waals surface area contributed by atoms with E-state index in [-0.39, 0.29) is 31.1 Å². The van der Waals surface area contributed by atoms with Gasteiger partial charge in [-0.2, -0.15) is 11.8 Å². The number of aliphatic carboxylic acids is 1. The molecule has 0 bridgehead atoms. The quantitative estimate of drug-likeness (QED) is 0.168. The first-order chi connectivity index (χ1) is 15.3. The summed E-state index contributed by atoms with van der Waals surface area (Å²) in [6.45, 7) is 7.00. The number of hydrogen-bond acceptors (Lipinski definition) is 7. The minimum Gasteiger partial charge on any atom is -0.480 e. The van der Waals surface area contributed by atoms with Crippen LogP contribution in [-0.4, -0.2) is 70.9 Å². The fourth-order valence-electron chi connectivity index (χ4n) is 2.88. The molecule has 190 valence electrons. The lowest BCUT2D eigenvalue weighted by Gasteiger charge is -2.26. The molecule has 11 nitrogen and oxygen atoms in total. The van der Waals surface area contributed by atoms with E-state index < -0.39 is 53.8 Å². The van der Waals surface area contributed by atoms with E-state index in [9.17, 15) is 29.1 Å². The zero-order chi connectivity index (χ0) is 25.7. The Kier molecular flexibility index (Phi) is 14.4. The van der Waals surface area contributed by atoms with Gasteiger partial charge in [0.25, 0.3) is 0 Å². The van der Waals surface area contributed by atoms with E-state index in [1.165, 1.54) is 11.8 Å². The maximum absolute atomic E-state index is 13.0. The molecule has 0 aromatic heterocycles. The highest BCUT2D eigenvalue weighted by Crippen LogP contribution is 2.09. The van der Waals surface area contributed by atoms with Crippen LogP contribution in [0.25, 0.3) is 0 Å². The first kappa shape index (κ1) is 30.7. The summed E-state index contributed by atoms with van der Waals surface area (Å²) in [5.74, 6) is -3.68. The van der Waals surface area contributed by atoms with Crippen molar-refractivity contribution < 1.29 is 29.1 Å². The highest BCUT2D eigenvalue weighted by atomic mass is 32.2. The zero-order valence-corrected chi connectivity index (χ0v) is 20.9. The van der Waals surface area contributed by atoms with Crippen LogP contribution in [0.4, 0.5) is 0 Å². The summed E-state index contributed by atoms with van der Waals surface area (Å²) in [4.78, 5) is 60.9. The summed E-state index contributed by atoms with van der Waals surface area (Å²) in [5, 5.41) is 16.9. The fourth-order valence-corrected chi connectivity index (χ4v) is 3.35. The van der Waals surface area contributed by atoms with Crippen molar-refractivity contribution in [2.75, 3.05) is 12.0 Å². The monoisotopic (exact) mass is 489 g/mol. The molecule has 0 heterocycles. The van der Waals surface area contributed by atoms with Crippen LogP contribution in [0.3, 0.4) is 0 Å². The van der Waals surface area contributed by atoms with Crippen molar-refractivity contribution in [3.8, 4) is 0 Å². The molecule has 4 amide bonds. The van der Waals surface area contributed by atoms with Crippen molar-refractivity contribution in [1.82, 2.24) is 16.0 Å². The second kappa shape index (κ2) is 15.5. The second-order valence-electron chi connectivity index (χ2n) is 8.39. The van der Waals surface area contributed by atoms with Crippen LogP contribution in [0.2, 0.25) is 0 Å². The Hall–Kier alpha value is -2.34. The third kappa shape index (κ3) is 11.4. The summed E-state index contributed by atoms with van der Waals surface area (Å²) >= 11 is 1.45. The number of nitrogens with two attached hydrogens (primary N) is 2. The molecule has 33 heavy (non-hydrogen) atoms. The van der Waals surface area contributed by atoms with Crippen molar-refractivity contribution in [2.24, 2.45) is 23.3 Å². The predicted octanol–water partition coefficient (Wildman–Crippen LogP) is -0.427. The molecule has 12 heteroatoms. The normalized spacial score (nSPS) is 15.6.